The number of oxazole rings is 1. The Bertz CT molecular complexity index is 765. The van der Waals surface area contributed by atoms with Crippen molar-refractivity contribution in [3.8, 4) is 0 Å². The molecule has 22 heavy (non-hydrogen) atoms. The molecular weight excluding hydrogens is 282 g/mol. The third kappa shape index (κ3) is 1.63. The molecule has 6 nitrogen and oxygen atoms in total. The van der Waals surface area contributed by atoms with Gasteiger partial charge in [0, 0.05) is 26.3 Å². The summed E-state index contributed by atoms with van der Waals surface area (Å²) in [6, 6.07) is 3.63. The Morgan fingerprint density at radius 2 is 2.05 bits per heavy atom. The van der Waals surface area contributed by atoms with Crippen LogP contribution in [-0.4, -0.2) is 34.4 Å². The Labute approximate surface area is 127 Å². The second-order valence-corrected chi connectivity index (χ2v) is 6.15. The first kappa shape index (κ1) is 13.3. The van der Waals surface area contributed by atoms with Crippen molar-refractivity contribution in [2.24, 2.45) is 0 Å². The molecule has 1 spiro atoms. The maximum absolute atomic E-state index is 12.2. The van der Waals surface area contributed by atoms with Crippen LogP contribution in [0.4, 0.5) is 4.79 Å². The van der Waals surface area contributed by atoms with E-state index in [0.29, 0.717) is 12.8 Å². The number of nitrogens with one attached hydrogen (secondary N) is 1. The summed E-state index contributed by atoms with van der Waals surface area (Å²) in [4.78, 5) is 30.0. The first-order chi connectivity index (χ1) is 10.5. The second-order valence-electron chi connectivity index (χ2n) is 6.15. The molecule has 1 N–H and O–H groups in total. The molecule has 2 aliphatic rings. The molecule has 1 aliphatic carbocycles. The molecule has 0 saturated carbocycles. The van der Waals surface area contributed by atoms with Crippen molar-refractivity contribution in [1.29, 1.82) is 0 Å². The highest BCUT2D eigenvalue weighted by Gasteiger charge is 2.54. The van der Waals surface area contributed by atoms with Crippen molar-refractivity contribution in [2.75, 3.05) is 7.05 Å². The number of rotatable bonds is 2. The molecule has 4 rings (SSSR count). The summed E-state index contributed by atoms with van der Waals surface area (Å²) in [5.41, 5.74) is 2.92. The van der Waals surface area contributed by atoms with Gasteiger partial charge >= 0.3 is 6.03 Å². The summed E-state index contributed by atoms with van der Waals surface area (Å²) in [5, 5.41) is 2.40. The minimum atomic E-state index is -0.787. The molecule has 114 valence electrons. The van der Waals surface area contributed by atoms with Crippen molar-refractivity contribution in [3.05, 3.63) is 29.2 Å². The van der Waals surface area contributed by atoms with Crippen LogP contribution in [0.5, 0.6) is 0 Å². The van der Waals surface area contributed by atoms with E-state index >= 15 is 0 Å². The molecule has 1 aliphatic heterocycles. The highest BCUT2D eigenvalue weighted by molar-refractivity contribution is 6.07. The third-order valence-electron chi connectivity index (χ3n) is 4.77. The maximum atomic E-state index is 12.2. The Morgan fingerprint density at radius 1 is 1.32 bits per heavy atom. The monoisotopic (exact) mass is 299 g/mol. The summed E-state index contributed by atoms with van der Waals surface area (Å²) in [5.74, 6) is 0.536. The maximum Gasteiger partial charge on any atom is 0.324 e. The topological polar surface area (TPSA) is 75.4 Å². The largest absolute Gasteiger partial charge is 0.441 e. The number of amides is 3. The van der Waals surface area contributed by atoms with E-state index in [1.807, 2.05) is 12.1 Å². The van der Waals surface area contributed by atoms with Crippen molar-refractivity contribution in [1.82, 2.24) is 15.2 Å². The van der Waals surface area contributed by atoms with Gasteiger partial charge in [0.05, 0.1) is 0 Å². The number of hydrogen-bond donors (Lipinski definition) is 1. The van der Waals surface area contributed by atoms with E-state index in [1.165, 1.54) is 4.90 Å². The molecule has 1 unspecified atom stereocenters. The van der Waals surface area contributed by atoms with E-state index < -0.39 is 5.54 Å². The van der Waals surface area contributed by atoms with Gasteiger partial charge in [0.15, 0.2) is 11.5 Å². The fourth-order valence-electron chi connectivity index (χ4n) is 3.49. The van der Waals surface area contributed by atoms with E-state index in [1.54, 1.807) is 7.05 Å². The number of hydrogen-bond acceptors (Lipinski definition) is 4. The highest BCUT2D eigenvalue weighted by atomic mass is 16.3. The van der Waals surface area contributed by atoms with Gasteiger partial charge < -0.3 is 9.32 Å². The van der Waals surface area contributed by atoms with Crippen molar-refractivity contribution < 1.29 is 14.0 Å². The van der Waals surface area contributed by atoms with Gasteiger partial charge in [0.1, 0.15) is 11.1 Å². The molecule has 1 fully saturated rings. The van der Waals surface area contributed by atoms with Crippen LogP contribution < -0.4 is 5.32 Å². The summed E-state index contributed by atoms with van der Waals surface area (Å²) in [6.07, 6.45) is 2.87. The average Bonchev–Trinajstić information content (AvgIpc) is 3.08. The van der Waals surface area contributed by atoms with E-state index in [0.717, 1.165) is 41.0 Å². The number of carbonyl (C=O) groups is 2. The molecule has 2 heterocycles. The van der Waals surface area contributed by atoms with Gasteiger partial charge in [0.25, 0.3) is 5.91 Å². The van der Waals surface area contributed by atoms with Crippen molar-refractivity contribution in [2.45, 2.75) is 38.1 Å². The van der Waals surface area contributed by atoms with E-state index in [2.05, 4.69) is 17.2 Å². The minimum absolute atomic E-state index is 0.215. The van der Waals surface area contributed by atoms with Crippen LogP contribution in [0.2, 0.25) is 0 Å². The number of fused-ring (bicyclic) bond motifs is 2. The predicted molar refractivity (Wildman–Crippen MR) is 79.4 cm³/mol. The normalized spacial score (nSPS) is 23.6. The van der Waals surface area contributed by atoms with Crippen molar-refractivity contribution in [3.63, 3.8) is 0 Å². The molecule has 3 amide bonds. The fraction of sp³-hybridized carbons (Fsp3) is 0.438. The Balaban J connectivity index is 1.76. The number of aryl methyl sites for hydroxylation is 1. The zero-order valence-corrected chi connectivity index (χ0v) is 12.6. The summed E-state index contributed by atoms with van der Waals surface area (Å²) >= 11 is 0. The summed E-state index contributed by atoms with van der Waals surface area (Å²) < 4.78 is 5.77. The number of carbonyl (C=O) groups excluding carboxylic acids is 2. The SMILES string of the molecule is CCCc1nc2cc3c(cc2o1)CC1(C3)C(=O)NC(=O)N1C. The molecule has 1 atom stereocenters. The molecule has 2 aromatic rings. The van der Waals surface area contributed by atoms with Crippen LogP contribution in [0.25, 0.3) is 11.1 Å². The lowest BCUT2D eigenvalue weighted by Gasteiger charge is -2.27. The van der Waals surface area contributed by atoms with Crippen molar-refractivity contribution >= 4 is 23.0 Å². The van der Waals surface area contributed by atoms with E-state index in [4.69, 9.17) is 4.42 Å². The quantitative estimate of drug-likeness (QED) is 0.858. The van der Waals surface area contributed by atoms with Crippen LogP contribution in [-0.2, 0) is 24.1 Å². The van der Waals surface area contributed by atoms with Gasteiger partial charge in [-0.25, -0.2) is 9.78 Å². The molecule has 0 radical (unpaired) electrons. The van der Waals surface area contributed by atoms with Gasteiger partial charge in [0.2, 0.25) is 0 Å². The summed E-state index contributed by atoms with van der Waals surface area (Å²) in [7, 11) is 1.67. The van der Waals surface area contributed by atoms with Gasteiger partial charge in [-0.1, -0.05) is 6.92 Å². The molecular formula is C16H17N3O3. The lowest BCUT2D eigenvalue weighted by Crippen LogP contribution is -2.48. The van der Waals surface area contributed by atoms with Gasteiger partial charge in [-0.2, -0.15) is 0 Å². The van der Waals surface area contributed by atoms with Gasteiger partial charge in [-0.3, -0.25) is 10.1 Å². The lowest BCUT2D eigenvalue weighted by atomic mass is 9.95. The highest BCUT2D eigenvalue weighted by Crippen LogP contribution is 2.38. The smallest absolute Gasteiger partial charge is 0.324 e. The molecule has 1 aromatic heterocycles. The molecule has 1 aromatic carbocycles. The zero-order chi connectivity index (χ0) is 15.5. The first-order valence-corrected chi connectivity index (χ1v) is 7.54. The third-order valence-corrected chi connectivity index (χ3v) is 4.77. The van der Waals surface area contributed by atoms with Crippen LogP contribution in [0.1, 0.15) is 30.4 Å². The Kier molecular flexibility index (Phi) is 2.61. The number of aromatic nitrogens is 1. The number of benzene rings is 1. The number of imide groups is 1. The van der Waals surface area contributed by atoms with E-state index in [-0.39, 0.29) is 11.9 Å². The second kappa shape index (κ2) is 4.32. The predicted octanol–water partition coefficient (Wildman–Crippen LogP) is 1.80. The first-order valence-electron chi connectivity index (χ1n) is 7.54. The van der Waals surface area contributed by atoms with Gasteiger partial charge in [-0.05, 0) is 29.7 Å². The molecule has 6 heteroatoms. The molecule has 0 bridgehead atoms. The number of urea groups is 1. The van der Waals surface area contributed by atoms with Gasteiger partial charge in [-0.15, -0.1) is 0 Å². The Morgan fingerprint density at radius 3 is 2.68 bits per heavy atom. The average molecular weight is 299 g/mol. The molecule has 1 saturated heterocycles. The lowest BCUT2D eigenvalue weighted by molar-refractivity contribution is -0.125. The van der Waals surface area contributed by atoms with Crippen LogP contribution in [0, 0.1) is 0 Å². The Hall–Kier alpha value is -2.37. The number of nitrogens with zero attached hydrogens (tertiary/aromatic N) is 2. The standard InChI is InChI=1S/C16H17N3O3/c1-3-4-13-17-11-5-9-7-16(8-10(9)6-12(11)22-13)14(20)18-15(21)19(16)2/h5-6H,3-4,7-8H2,1-2H3,(H,18,20,21). The summed E-state index contributed by atoms with van der Waals surface area (Å²) in [6.45, 7) is 2.09. The zero-order valence-electron chi connectivity index (χ0n) is 12.6. The van der Waals surface area contributed by atoms with E-state index in [9.17, 15) is 9.59 Å². The minimum Gasteiger partial charge on any atom is -0.441 e. The number of likely N-dealkylation sites (N-methyl/N-ethyl adjacent to an activating group) is 1. The fourth-order valence-corrected chi connectivity index (χ4v) is 3.49. The van der Waals surface area contributed by atoms with Crippen LogP contribution in [0.3, 0.4) is 0 Å². The van der Waals surface area contributed by atoms with Crippen LogP contribution in [0.15, 0.2) is 16.5 Å². The van der Waals surface area contributed by atoms with Crippen LogP contribution >= 0.6 is 0 Å².